The van der Waals surface area contributed by atoms with Gasteiger partial charge in [-0.05, 0) is 35.4 Å². The van der Waals surface area contributed by atoms with Crippen molar-refractivity contribution in [2.24, 2.45) is 0 Å². The van der Waals surface area contributed by atoms with Crippen molar-refractivity contribution in [3.8, 4) is 11.5 Å². The number of hydrogen-bond acceptors (Lipinski definition) is 4. The van der Waals surface area contributed by atoms with Gasteiger partial charge in [-0.25, -0.2) is 4.79 Å². The molecule has 1 amide bonds. The summed E-state index contributed by atoms with van der Waals surface area (Å²) in [6.45, 7) is 4.21. The van der Waals surface area contributed by atoms with E-state index in [-0.39, 0.29) is 0 Å². The molecule has 1 fully saturated rings. The highest BCUT2D eigenvalue weighted by Gasteiger charge is 2.20. The minimum absolute atomic E-state index is 0.579. The van der Waals surface area contributed by atoms with Gasteiger partial charge in [0.1, 0.15) is 11.5 Å². The molecule has 1 aliphatic heterocycles. The molecule has 1 aliphatic rings. The molecule has 0 unspecified atom stereocenters. The second kappa shape index (κ2) is 9.28. The third-order valence-corrected chi connectivity index (χ3v) is 4.79. The van der Waals surface area contributed by atoms with Crippen LogP contribution in [0.2, 0.25) is 0 Å². The van der Waals surface area contributed by atoms with Crippen LogP contribution in [0.4, 0.5) is 4.79 Å². The van der Waals surface area contributed by atoms with Crippen LogP contribution in [-0.4, -0.2) is 60.9 Å². The number of ether oxygens (including phenoxy) is 2. The third-order valence-electron chi connectivity index (χ3n) is 4.79. The average Bonchev–Trinajstić information content (AvgIpc) is 2.70. The van der Waals surface area contributed by atoms with Gasteiger partial charge in [0.25, 0.3) is 0 Å². The molecule has 3 rings (SSSR count). The molecule has 144 valence electrons. The van der Waals surface area contributed by atoms with Crippen LogP contribution in [0.3, 0.4) is 0 Å². The molecule has 0 saturated carbocycles. The molecule has 6 heteroatoms. The van der Waals surface area contributed by atoms with Crippen molar-refractivity contribution in [3.05, 3.63) is 59.7 Å². The predicted octanol–water partition coefficient (Wildman–Crippen LogP) is 3.11. The minimum Gasteiger partial charge on any atom is -0.497 e. The van der Waals surface area contributed by atoms with Crippen LogP contribution in [0, 0.1) is 0 Å². The van der Waals surface area contributed by atoms with Gasteiger partial charge in [0.2, 0.25) is 0 Å². The minimum atomic E-state index is -0.823. The number of carboxylic acid groups (broad SMARTS) is 1. The summed E-state index contributed by atoms with van der Waals surface area (Å²) < 4.78 is 10.9. The number of benzene rings is 2. The first-order chi connectivity index (χ1) is 13.1. The smallest absolute Gasteiger partial charge is 0.407 e. The number of rotatable bonds is 7. The zero-order valence-corrected chi connectivity index (χ0v) is 15.6. The fourth-order valence-corrected chi connectivity index (χ4v) is 3.13. The Labute approximate surface area is 159 Å². The molecule has 0 aromatic heterocycles. The zero-order chi connectivity index (χ0) is 19.1. The van der Waals surface area contributed by atoms with Crippen molar-refractivity contribution >= 4 is 6.09 Å². The molecule has 1 heterocycles. The molecule has 6 nitrogen and oxygen atoms in total. The van der Waals surface area contributed by atoms with Gasteiger partial charge in [0, 0.05) is 39.1 Å². The number of amides is 1. The Morgan fingerprint density at radius 2 is 1.52 bits per heavy atom. The lowest BCUT2D eigenvalue weighted by Crippen LogP contribution is -2.47. The monoisotopic (exact) mass is 370 g/mol. The molecule has 1 N–H and O–H groups in total. The molecule has 2 aromatic carbocycles. The van der Waals surface area contributed by atoms with E-state index in [9.17, 15) is 4.79 Å². The maximum atomic E-state index is 11.0. The van der Waals surface area contributed by atoms with Crippen LogP contribution in [-0.2, 0) is 13.0 Å². The molecule has 2 aromatic rings. The largest absolute Gasteiger partial charge is 0.497 e. The molecular formula is C21H26N2O4. The maximum absolute atomic E-state index is 11.0. The summed E-state index contributed by atoms with van der Waals surface area (Å²) in [7, 11) is 1.65. The molecule has 1 saturated heterocycles. The second-order valence-corrected chi connectivity index (χ2v) is 6.64. The molecule has 0 bridgehead atoms. The van der Waals surface area contributed by atoms with Crippen LogP contribution >= 0.6 is 0 Å². The van der Waals surface area contributed by atoms with Gasteiger partial charge >= 0.3 is 6.09 Å². The van der Waals surface area contributed by atoms with Gasteiger partial charge in [-0.2, -0.15) is 0 Å². The number of piperazine rings is 1. The summed E-state index contributed by atoms with van der Waals surface area (Å²) in [6, 6.07) is 16.2. The van der Waals surface area contributed by atoms with E-state index in [1.54, 1.807) is 7.11 Å². The summed E-state index contributed by atoms with van der Waals surface area (Å²) in [5, 5.41) is 9.00. The van der Waals surface area contributed by atoms with E-state index in [1.807, 2.05) is 24.3 Å². The lowest BCUT2D eigenvalue weighted by Gasteiger charge is -2.33. The van der Waals surface area contributed by atoms with Crippen molar-refractivity contribution in [1.29, 1.82) is 0 Å². The van der Waals surface area contributed by atoms with E-state index in [4.69, 9.17) is 14.6 Å². The lowest BCUT2D eigenvalue weighted by atomic mass is 10.1. The molecule has 0 spiro atoms. The maximum Gasteiger partial charge on any atom is 0.407 e. The highest BCUT2D eigenvalue weighted by molar-refractivity contribution is 5.65. The number of methoxy groups -OCH3 is 1. The first-order valence-electron chi connectivity index (χ1n) is 9.19. The van der Waals surface area contributed by atoms with Crippen LogP contribution < -0.4 is 9.47 Å². The predicted molar refractivity (Wildman–Crippen MR) is 104 cm³/mol. The standard InChI is InChI=1S/C21H26N2O4/c1-26-19-6-8-20(9-7-19)27-15-10-17-2-4-18(5-3-17)16-22-11-13-23(14-12-22)21(24)25/h2-9H,10-16H2,1H3,(H,24,25). The Bertz CT molecular complexity index is 723. The second-order valence-electron chi connectivity index (χ2n) is 6.64. The Morgan fingerprint density at radius 1 is 0.926 bits per heavy atom. The van der Waals surface area contributed by atoms with Crippen LogP contribution in [0.5, 0.6) is 11.5 Å². The molecule has 0 radical (unpaired) electrons. The fraction of sp³-hybridized carbons (Fsp3) is 0.381. The number of carbonyl (C=O) groups is 1. The summed E-state index contributed by atoms with van der Waals surface area (Å²) >= 11 is 0. The summed E-state index contributed by atoms with van der Waals surface area (Å²) in [5.41, 5.74) is 2.49. The van der Waals surface area contributed by atoms with E-state index >= 15 is 0 Å². The van der Waals surface area contributed by atoms with Crippen molar-refractivity contribution in [3.63, 3.8) is 0 Å². The van der Waals surface area contributed by atoms with E-state index in [2.05, 4.69) is 29.2 Å². The number of hydrogen-bond donors (Lipinski definition) is 1. The SMILES string of the molecule is COc1ccc(OCCc2ccc(CN3CCN(C(=O)O)CC3)cc2)cc1. The Hall–Kier alpha value is -2.73. The van der Waals surface area contributed by atoms with Gasteiger partial charge in [-0.3, -0.25) is 4.90 Å². The van der Waals surface area contributed by atoms with Crippen molar-refractivity contribution in [2.45, 2.75) is 13.0 Å². The highest BCUT2D eigenvalue weighted by atomic mass is 16.5. The first kappa shape index (κ1) is 19.0. The van der Waals surface area contributed by atoms with Crippen molar-refractivity contribution < 1.29 is 19.4 Å². The lowest BCUT2D eigenvalue weighted by molar-refractivity contribution is 0.103. The Kier molecular flexibility index (Phi) is 6.54. The van der Waals surface area contributed by atoms with Crippen LogP contribution in [0.25, 0.3) is 0 Å². The van der Waals surface area contributed by atoms with Crippen molar-refractivity contribution in [1.82, 2.24) is 9.80 Å². The van der Waals surface area contributed by atoms with Crippen LogP contribution in [0.1, 0.15) is 11.1 Å². The summed E-state index contributed by atoms with van der Waals surface area (Å²) in [5.74, 6) is 1.66. The first-order valence-corrected chi connectivity index (χ1v) is 9.19. The topological polar surface area (TPSA) is 62.2 Å². The normalized spacial score (nSPS) is 14.8. The Balaban J connectivity index is 1.41. The molecule has 0 aliphatic carbocycles. The van der Waals surface area contributed by atoms with Gasteiger partial charge in [-0.15, -0.1) is 0 Å². The Morgan fingerprint density at radius 3 is 2.11 bits per heavy atom. The quantitative estimate of drug-likeness (QED) is 0.811. The van der Waals surface area contributed by atoms with E-state index in [0.29, 0.717) is 19.7 Å². The van der Waals surface area contributed by atoms with Gasteiger partial charge in [0.15, 0.2) is 0 Å². The zero-order valence-electron chi connectivity index (χ0n) is 15.6. The van der Waals surface area contributed by atoms with Gasteiger partial charge in [-0.1, -0.05) is 24.3 Å². The molecule has 27 heavy (non-hydrogen) atoms. The van der Waals surface area contributed by atoms with Gasteiger partial charge in [0.05, 0.1) is 13.7 Å². The van der Waals surface area contributed by atoms with Crippen LogP contribution in [0.15, 0.2) is 48.5 Å². The average molecular weight is 370 g/mol. The van der Waals surface area contributed by atoms with E-state index in [1.165, 1.54) is 16.0 Å². The van der Waals surface area contributed by atoms with Gasteiger partial charge < -0.3 is 19.5 Å². The van der Waals surface area contributed by atoms with E-state index < -0.39 is 6.09 Å². The van der Waals surface area contributed by atoms with E-state index in [0.717, 1.165) is 37.6 Å². The third kappa shape index (κ3) is 5.62. The molecular weight excluding hydrogens is 344 g/mol. The molecule has 0 atom stereocenters. The summed E-state index contributed by atoms with van der Waals surface area (Å²) in [4.78, 5) is 14.7. The fourth-order valence-electron chi connectivity index (χ4n) is 3.13. The number of nitrogens with zero attached hydrogens (tertiary/aromatic N) is 2. The summed E-state index contributed by atoms with van der Waals surface area (Å²) in [6.07, 6.45) is 0.0275. The van der Waals surface area contributed by atoms with Crippen molar-refractivity contribution in [2.75, 3.05) is 39.9 Å². The highest BCUT2D eigenvalue weighted by Crippen LogP contribution is 2.17.